The molecule has 6 rings (SSSR count). The molecule has 4 heterocycles. The molecule has 4 aromatic rings. The van der Waals surface area contributed by atoms with E-state index in [0.29, 0.717) is 32.1 Å². The van der Waals surface area contributed by atoms with Crippen LogP contribution in [0, 0.1) is 0 Å². The highest BCUT2D eigenvalue weighted by molar-refractivity contribution is 8.26. The number of rotatable bonds is 5. The average Bonchev–Trinajstić information content (AvgIpc) is 3.46. The number of thioether (sulfide) groups is 1. The van der Waals surface area contributed by atoms with Crippen molar-refractivity contribution in [1.82, 2.24) is 14.3 Å². The molecule has 0 atom stereocenters. The van der Waals surface area contributed by atoms with Gasteiger partial charge in [0.25, 0.3) is 11.5 Å². The van der Waals surface area contributed by atoms with E-state index in [1.807, 2.05) is 30.3 Å². The molecule has 0 radical (unpaired) electrons. The fourth-order valence-corrected chi connectivity index (χ4v) is 5.11. The standard InChI is InChI=1S/C26H17N3O5S2/c30-24-18(23(34-17-6-2-1-3-7-17)27-22-8-4-5-11-28(22)24)13-21-25(31)29(26(35)36-21)14-16-9-10-19-20(12-16)33-15-32-19/h1-13H,14-15H2/b21-13+. The summed E-state index contributed by atoms with van der Waals surface area (Å²) in [5.74, 6) is 1.63. The Balaban J connectivity index is 1.36. The summed E-state index contributed by atoms with van der Waals surface area (Å²) in [5, 5.41) is 0. The second-order valence-corrected chi connectivity index (χ2v) is 9.61. The van der Waals surface area contributed by atoms with Gasteiger partial charge in [0.15, 0.2) is 11.5 Å². The summed E-state index contributed by atoms with van der Waals surface area (Å²) in [6.45, 7) is 0.437. The van der Waals surface area contributed by atoms with Crippen LogP contribution in [0.15, 0.2) is 82.6 Å². The Kier molecular flexibility index (Phi) is 5.67. The zero-order chi connectivity index (χ0) is 24.6. The number of hydrogen-bond acceptors (Lipinski definition) is 8. The van der Waals surface area contributed by atoms with Crippen LogP contribution in [0.3, 0.4) is 0 Å². The molecule has 0 saturated carbocycles. The minimum absolute atomic E-state index is 0.110. The fraction of sp³-hybridized carbons (Fsp3) is 0.0769. The van der Waals surface area contributed by atoms with Crippen LogP contribution in [0.4, 0.5) is 0 Å². The highest BCUT2D eigenvalue weighted by atomic mass is 32.2. The van der Waals surface area contributed by atoms with Crippen LogP contribution >= 0.6 is 24.0 Å². The summed E-state index contributed by atoms with van der Waals surface area (Å²) >= 11 is 6.63. The van der Waals surface area contributed by atoms with Crippen molar-refractivity contribution in [3.05, 3.63) is 99.3 Å². The van der Waals surface area contributed by atoms with Crippen molar-refractivity contribution in [3.63, 3.8) is 0 Å². The Hall–Kier alpha value is -4.15. The van der Waals surface area contributed by atoms with Crippen LogP contribution in [0.25, 0.3) is 11.7 Å². The second-order valence-electron chi connectivity index (χ2n) is 7.94. The number of benzene rings is 2. The highest BCUT2D eigenvalue weighted by Crippen LogP contribution is 2.37. The van der Waals surface area contributed by atoms with Crippen molar-refractivity contribution in [2.75, 3.05) is 6.79 Å². The molecule has 0 N–H and O–H groups in total. The summed E-state index contributed by atoms with van der Waals surface area (Å²) in [6, 6.07) is 19.8. The van der Waals surface area contributed by atoms with E-state index < -0.39 is 0 Å². The highest BCUT2D eigenvalue weighted by Gasteiger charge is 2.33. The largest absolute Gasteiger partial charge is 0.454 e. The summed E-state index contributed by atoms with van der Waals surface area (Å²) in [6.07, 6.45) is 3.13. The van der Waals surface area contributed by atoms with Crippen LogP contribution in [0.1, 0.15) is 11.1 Å². The van der Waals surface area contributed by atoms with Gasteiger partial charge >= 0.3 is 0 Å². The van der Waals surface area contributed by atoms with E-state index in [2.05, 4.69) is 4.98 Å². The minimum atomic E-state index is -0.354. The van der Waals surface area contributed by atoms with Crippen LogP contribution < -0.4 is 19.8 Å². The predicted molar refractivity (Wildman–Crippen MR) is 139 cm³/mol. The van der Waals surface area contributed by atoms with E-state index in [0.717, 1.165) is 17.3 Å². The maximum Gasteiger partial charge on any atom is 0.269 e. The Morgan fingerprint density at radius 2 is 1.83 bits per heavy atom. The Labute approximate surface area is 214 Å². The molecule has 0 aliphatic carbocycles. The predicted octanol–water partition coefficient (Wildman–Crippen LogP) is 4.62. The van der Waals surface area contributed by atoms with E-state index in [-0.39, 0.29) is 36.2 Å². The van der Waals surface area contributed by atoms with Crippen LogP contribution in [-0.4, -0.2) is 31.3 Å². The third-order valence-electron chi connectivity index (χ3n) is 5.62. The number of para-hydroxylation sites is 1. The molecule has 0 spiro atoms. The Morgan fingerprint density at radius 1 is 1.03 bits per heavy atom. The minimum Gasteiger partial charge on any atom is -0.454 e. The van der Waals surface area contributed by atoms with E-state index in [9.17, 15) is 9.59 Å². The maximum atomic E-state index is 13.4. The van der Waals surface area contributed by atoms with Gasteiger partial charge in [-0.05, 0) is 48.0 Å². The van der Waals surface area contributed by atoms with Gasteiger partial charge in [-0.25, -0.2) is 0 Å². The summed E-state index contributed by atoms with van der Waals surface area (Å²) in [7, 11) is 0. The third-order valence-corrected chi connectivity index (χ3v) is 7.00. The zero-order valence-corrected chi connectivity index (χ0v) is 20.3. The Morgan fingerprint density at radius 3 is 2.69 bits per heavy atom. The molecule has 2 aliphatic heterocycles. The van der Waals surface area contributed by atoms with Crippen molar-refractivity contribution in [2.45, 2.75) is 6.54 Å². The number of ether oxygens (including phenoxy) is 3. The third kappa shape index (κ3) is 4.10. The topological polar surface area (TPSA) is 82.4 Å². The molecule has 36 heavy (non-hydrogen) atoms. The summed E-state index contributed by atoms with van der Waals surface area (Å²) in [5.41, 5.74) is 1.08. The molecule has 8 nitrogen and oxygen atoms in total. The van der Waals surface area contributed by atoms with Gasteiger partial charge < -0.3 is 14.2 Å². The molecule has 10 heteroatoms. The normalized spacial score (nSPS) is 15.8. The lowest BCUT2D eigenvalue weighted by Gasteiger charge is -2.14. The van der Waals surface area contributed by atoms with Gasteiger partial charge in [0.2, 0.25) is 12.7 Å². The van der Waals surface area contributed by atoms with Gasteiger partial charge in [-0.1, -0.05) is 54.3 Å². The SMILES string of the molecule is O=C1/C(=C\c2c(Oc3ccccc3)nc3ccccn3c2=O)SC(=S)N1Cc1ccc2c(c1)OCO2. The van der Waals surface area contributed by atoms with Gasteiger partial charge in [0.1, 0.15) is 21.3 Å². The molecule has 1 amide bonds. The van der Waals surface area contributed by atoms with E-state index in [1.54, 1.807) is 42.6 Å². The van der Waals surface area contributed by atoms with Crippen LogP contribution in [-0.2, 0) is 11.3 Å². The number of aromatic nitrogens is 2. The zero-order valence-electron chi connectivity index (χ0n) is 18.6. The summed E-state index contributed by atoms with van der Waals surface area (Å²) in [4.78, 5) is 33.1. The molecular formula is C26H17N3O5S2. The van der Waals surface area contributed by atoms with E-state index in [1.165, 1.54) is 15.4 Å². The quantitative estimate of drug-likeness (QED) is 0.281. The molecule has 2 aliphatic rings. The number of carbonyl (C=O) groups is 1. The first-order chi connectivity index (χ1) is 17.6. The molecule has 1 saturated heterocycles. The Bertz CT molecular complexity index is 1620. The first-order valence-electron chi connectivity index (χ1n) is 10.9. The van der Waals surface area contributed by atoms with Gasteiger partial charge in [-0.2, -0.15) is 4.98 Å². The number of carbonyl (C=O) groups excluding carboxylic acids is 1. The molecule has 2 aromatic carbocycles. The van der Waals surface area contributed by atoms with Gasteiger partial charge in [0, 0.05) is 6.20 Å². The van der Waals surface area contributed by atoms with Crippen molar-refractivity contribution in [2.24, 2.45) is 0 Å². The molecule has 0 bridgehead atoms. The lowest BCUT2D eigenvalue weighted by molar-refractivity contribution is -0.122. The monoisotopic (exact) mass is 515 g/mol. The molecule has 178 valence electrons. The number of hydrogen-bond donors (Lipinski definition) is 0. The van der Waals surface area contributed by atoms with Gasteiger partial charge in [-0.3, -0.25) is 18.9 Å². The molecule has 0 unspecified atom stereocenters. The van der Waals surface area contributed by atoms with Gasteiger partial charge in [-0.15, -0.1) is 0 Å². The second kappa shape index (κ2) is 9.14. The van der Waals surface area contributed by atoms with Crippen molar-refractivity contribution < 1.29 is 19.0 Å². The number of nitrogens with zero attached hydrogens (tertiary/aromatic N) is 3. The molecule has 2 aromatic heterocycles. The average molecular weight is 516 g/mol. The van der Waals surface area contributed by atoms with Crippen LogP contribution in [0.2, 0.25) is 0 Å². The molecular weight excluding hydrogens is 498 g/mol. The summed E-state index contributed by atoms with van der Waals surface area (Å²) < 4.78 is 18.6. The fourth-order valence-electron chi connectivity index (χ4n) is 3.87. The first kappa shape index (κ1) is 22.3. The van der Waals surface area contributed by atoms with Crippen LogP contribution in [0.5, 0.6) is 23.1 Å². The number of thiocarbonyl (C=S) groups is 1. The number of pyridine rings is 1. The smallest absolute Gasteiger partial charge is 0.269 e. The lowest BCUT2D eigenvalue weighted by Crippen LogP contribution is -2.27. The van der Waals surface area contributed by atoms with E-state index in [4.69, 9.17) is 26.4 Å². The van der Waals surface area contributed by atoms with Crippen molar-refractivity contribution in [1.29, 1.82) is 0 Å². The lowest BCUT2D eigenvalue weighted by atomic mass is 10.2. The van der Waals surface area contributed by atoms with Gasteiger partial charge in [0.05, 0.1) is 11.4 Å². The number of amides is 1. The number of fused-ring (bicyclic) bond motifs is 2. The first-order valence-corrected chi connectivity index (χ1v) is 12.2. The maximum absolute atomic E-state index is 13.4. The van der Waals surface area contributed by atoms with Crippen molar-refractivity contribution >= 4 is 45.9 Å². The van der Waals surface area contributed by atoms with E-state index >= 15 is 0 Å². The van der Waals surface area contributed by atoms with Crippen molar-refractivity contribution in [3.8, 4) is 23.1 Å². The molecule has 1 fully saturated rings.